The van der Waals surface area contributed by atoms with Crippen molar-refractivity contribution in [1.82, 2.24) is 4.57 Å². The molecule has 1 aliphatic rings. The summed E-state index contributed by atoms with van der Waals surface area (Å²) in [5.74, 6) is 0. The smallest absolute Gasteiger partial charge is 0.135 e. The van der Waals surface area contributed by atoms with Gasteiger partial charge < -0.3 is 8.98 Å². The minimum atomic E-state index is -0.0817. The molecule has 0 saturated heterocycles. The molecule has 0 fully saturated rings. The normalized spacial score (nSPS) is 13.5. The van der Waals surface area contributed by atoms with E-state index in [-0.39, 0.29) is 5.41 Å². The number of allylic oxidation sites excluding steroid dienone is 2. The molecule has 0 saturated carbocycles. The average molecular weight is 724 g/mol. The van der Waals surface area contributed by atoms with Crippen molar-refractivity contribution < 1.29 is 4.42 Å². The Morgan fingerprint density at radius 1 is 0.600 bits per heavy atom. The van der Waals surface area contributed by atoms with E-state index in [1.54, 1.807) is 0 Å². The maximum absolute atomic E-state index is 6.17. The maximum atomic E-state index is 6.17. The van der Waals surface area contributed by atoms with E-state index in [1.165, 1.54) is 86.8 Å². The third kappa shape index (κ3) is 4.66. The van der Waals surface area contributed by atoms with Gasteiger partial charge in [-0.3, -0.25) is 0 Å². The van der Waals surface area contributed by atoms with E-state index in [0.29, 0.717) is 0 Å². The first-order valence-corrected chi connectivity index (χ1v) is 19.8. The Balaban J connectivity index is 1.11. The van der Waals surface area contributed by atoms with Gasteiger partial charge in [-0.2, -0.15) is 0 Å². The molecule has 7 aromatic carbocycles. The lowest BCUT2D eigenvalue weighted by Crippen LogP contribution is -2.14. The fourth-order valence-electron chi connectivity index (χ4n) is 9.22. The van der Waals surface area contributed by atoms with E-state index in [4.69, 9.17) is 4.42 Å². The maximum Gasteiger partial charge on any atom is 0.135 e. The summed E-state index contributed by atoms with van der Waals surface area (Å²) in [4.78, 5) is 1.33. The highest BCUT2D eigenvalue weighted by atomic mass is 32.1. The van der Waals surface area contributed by atoms with Crippen LogP contribution in [-0.2, 0) is 5.41 Å². The van der Waals surface area contributed by atoms with Crippen LogP contribution in [0.1, 0.15) is 35.4 Å². The molecule has 0 spiro atoms. The molecule has 10 aromatic rings. The summed E-state index contributed by atoms with van der Waals surface area (Å²) >= 11 is 1.91. The molecule has 0 amide bonds. The summed E-state index contributed by atoms with van der Waals surface area (Å²) in [5.41, 5.74) is 16.9. The summed E-state index contributed by atoms with van der Waals surface area (Å²) in [6.45, 7) is 10.9. The summed E-state index contributed by atoms with van der Waals surface area (Å²) < 4.78 is 9.95. The van der Waals surface area contributed by atoms with Gasteiger partial charge in [0.05, 0.1) is 11.0 Å². The Kier molecular flexibility index (Phi) is 6.87. The van der Waals surface area contributed by atoms with Crippen molar-refractivity contribution in [1.29, 1.82) is 0 Å². The second-order valence-electron chi connectivity index (χ2n) is 15.4. The van der Waals surface area contributed by atoms with Crippen LogP contribution in [-0.4, -0.2) is 4.57 Å². The molecule has 0 aliphatic heterocycles. The SMILES string of the molecule is C=C/C=C\c1c(C)sc2c3c(ccc12)C(C)(C)c1ccc(-c2ccc4c(c2)c2cc(-c5ccc6oc7ccccc7c6c5)ccc2n4-c2ccccc2)cc1-3. The van der Waals surface area contributed by atoms with Crippen LogP contribution in [0.4, 0.5) is 0 Å². The molecule has 11 rings (SSSR count). The molecule has 0 N–H and O–H groups in total. The van der Waals surface area contributed by atoms with Gasteiger partial charge in [0.2, 0.25) is 0 Å². The number of fused-ring (bicyclic) bond motifs is 11. The third-order valence-electron chi connectivity index (χ3n) is 11.9. The van der Waals surface area contributed by atoms with Crippen LogP contribution < -0.4 is 0 Å². The second-order valence-corrected chi connectivity index (χ2v) is 16.6. The van der Waals surface area contributed by atoms with Crippen molar-refractivity contribution in [2.45, 2.75) is 26.2 Å². The van der Waals surface area contributed by atoms with Crippen LogP contribution >= 0.6 is 11.3 Å². The largest absolute Gasteiger partial charge is 0.456 e. The molecular weight excluding hydrogens is 687 g/mol. The summed E-state index contributed by atoms with van der Waals surface area (Å²) in [6, 6.07) is 51.4. The van der Waals surface area contributed by atoms with Crippen molar-refractivity contribution in [3.8, 4) is 39.1 Å². The number of furan rings is 1. The van der Waals surface area contributed by atoms with E-state index in [2.05, 4.69) is 165 Å². The lowest BCUT2D eigenvalue weighted by Gasteiger charge is -2.21. The van der Waals surface area contributed by atoms with E-state index in [9.17, 15) is 0 Å². The van der Waals surface area contributed by atoms with Crippen molar-refractivity contribution in [2.75, 3.05) is 0 Å². The Bertz CT molecular complexity index is 3260. The number of para-hydroxylation sites is 2. The number of aryl methyl sites for hydroxylation is 1. The van der Waals surface area contributed by atoms with Gasteiger partial charge in [-0.1, -0.05) is 118 Å². The van der Waals surface area contributed by atoms with Crippen LogP contribution in [0, 0.1) is 6.92 Å². The van der Waals surface area contributed by atoms with Crippen LogP contribution in [0.15, 0.2) is 163 Å². The minimum Gasteiger partial charge on any atom is -0.456 e. The zero-order chi connectivity index (χ0) is 37.0. The fraction of sp³-hybridized carbons (Fsp3) is 0.0769. The summed E-state index contributed by atoms with van der Waals surface area (Å²) in [5, 5.41) is 6.08. The van der Waals surface area contributed by atoms with Crippen LogP contribution in [0.2, 0.25) is 0 Å². The van der Waals surface area contributed by atoms with Gasteiger partial charge in [0.15, 0.2) is 0 Å². The van der Waals surface area contributed by atoms with Gasteiger partial charge in [0.25, 0.3) is 0 Å². The summed E-state index contributed by atoms with van der Waals surface area (Å²) in [6.07, 6.45) is 6.11. The van der Waals surface area contributed by atoms with Gasteiger partial charge in [0, 0.05) is 53.2 Å². The highest BCUT2D eigenvalue weighted by molar-refractivity contribution is 7.20. The molecule has 0 atom stereocenters. The van der Waals surface area contributed by atoms with Crippen LogP contribution in [0.25, 0.3) is 99.0 Å². The molecule has 2 nitrogen and oxygen atoms in total. The molecule has 3 aromatic heterocycles. The zero-order valence-electron chi connectivity index (χ0n) is 31.0. The van der Waals surface area contributed by atoms with E-state index >= 15 is 0 Å². The van der Waals surface area contributed by atoms with E-state index < -0.39 is 0 Å². The number of benzene rings is 7. The Morgan fingerprint density at radius 2 is 1.22 bits per heavy atom. The number of hydrogen-bond donors (Lipinski definition) is 0. The molecule has 3 heteroatoms. The lowest BCUT2D eigenvalue weighted by atomic mass is 9.82. The van der Waals surface area contributed by atoms with Gasteiger partial charge in [0.1, 0.15) is 11.2 Å². The van der Waals surface area contributed by atoms with Gasteiger partial charge in [-0.15, -0.1) is 11.3 Å². The summed E-state index contributed by atoms with van der Waals surface area (Å²) in [7, 11) is 0. The van der Waals surface area contributed by atoms with E-state index in [0.717, 1.165) is 27.6 Å². The minimum absolute atomic E-state index is 0.0817. The first-order chi connectivity index (χ1) is 26.9. The number of rotatable bonds is 5. The molecule has 0 radical (unpaired) electrons. The number of hydrogen-bond acceptors (Lipinski definition) is 2. The second kappa shape index (κ2) is 11.8. The standard InChI is InChI=1S/C52H37NOS/c1-5-6-14-37-31(2)55-51-39(37)21-23-45-50(51)43-30-32(17-22-44(43)52(45,3)4)33-18-24-46-40(27-33)41-28-34(19-25-47(41)53(46)36-12-8-7-9-13-36)35-20-26-49-42(29-35)38-15-10-11-16-48(38)54-49/h5-30H,1H2,2-4H3/b14-6-. The third-order valence-corrected chi connectivity index (χ3v) is 13.1. The average Bonchev–Trinajstić information content (AvgIpc) is 3.92. The molecule has 55 heavy (non-hydrogen) atoms. The van der Waals surface area contributed by atoms with Gasteiger partial charge >= 0.3 is 0 Å². The number of aromatic nitrogens is 1. The van der Waals surface area contributed by atoms with Crippen molar-refractivity contribution in [3.63, 3.8) is 0 Å². The number of thiophene rings is 1. The van der Waals surface area contributed by atoms with Crippen LogP contribution in [0.3, 0.4) is 0 Å². The quantitative estimate of drug-likeness (QED) is 0.162. The first-order valence-electron chi connectivity index (χ1n) is 19.0. The molecule has 1 aliphatic carbocycles. The number of nitrogens with zero attached hydrogens (tertiary/aromatic N) is 1. The lowest BCUT2D eigenvalue weighted by molar-refractivity contribution is 0.661. The van der Waals surface area contributed by atoms with Crippen molar-refractivity contribution in [3.05, 3.63) is 180 Å². The monoisotopic (exact) mass is 723 g/mol. The van der Waals surface area contributed by atoms with Crippen LogP contribution in [0.5, 0.6) is 0 Å². The fourth-order valence-corrected chi connectivity index (χ4v) is 10.4. The molecule has 3 heterocycles. The Morgan fingerprint density at radius 3 is 1.96 bits per heavy atom. The molecular formula is C52H37NOS. The van der Waals surface area contributed by atoms with E-state index in [1.807, 2.05) is 35.6 Å². The Labute approximate surface area is 323 Å². The Hall–Kier alpha value is -6.42. The topological polar surface area (TPSA) is 18.1 Å². The molecule has 0 bridgehead atoms. The highest BCUT2D eigenvalue weighted by Gasteiger charge is 2.37. The van der Waals surface area contributed by atoms with Gasteiger partial charge in [-0.25, -0.2) is 0 Å². The molecule has 262 valence electrons. The predicted molar refractivity (Wildman–Crippen MR) is 236 cm³/mol. The first kappa shape index (κ1) is 32.0. The van der Waals surface area contributed by atoms with Gasteiger partial charge in [-0.05, 0) is 112 Å². The zero-order valence-corrected chi connectivity index (χ0v) is 31.8. The highest BCUT2D eigenvalue weighted by Crippen LogP contribution is 2.54. The van der Waals surface area contributed by atoms with Crippen molar-refractivity contribution in [2.24, 2.45) is 0 Å². The predicted octanol–water partition coefficient (Wildman–Crippen LogP) is 15.0. The van der Waals surface area contributed by atoms with Crippen molar-refractivity contribution >= 4 is 71.2 Å². The molecule has 0 unspecified atom stereocenters.